The van der Waals surface area contributed by atoms with Crippen molar-refractivity contribution in [2.24, 2.45) is 0 Å². The van der Waals surface area contributed by atoms with E-state index in [1.807, 2.05) is 17.9 Å². The predicted octanol–water partition coefficient (Wildman–Crippen LogP) is 1.48. The molecule has 0 aliphatic carbocycles. The molecule has 0 amide bonds. The smallest absolute Gasteiger partial charge is 0.166 e. The molecule has 0 aliphatic rings. The van der Waals surface area contributed by atoms with E-state index in [1.165, 1.54) is 0 Å². The zero-order chi connectivity index (χ0) is 11.1. The molecular formula is C11H19N3O. The first-order valence-electron chi connectivity index (χ1n) is 5.48. The number of Topliss-reactive ketones (excluding diaryl/α,β-unsaturated/α-hetero) is 1. The van der Waals surface area contributed by atoms with Crippen LogP contribution in [0.15, 0.2) is 12.4 Å². The van der Waals surface area contributed by atoms with E-state index in [-0.39, 0.29) is 5.78 Å². The highest BCUT2D eigenvalue weighted by Crippen LogP contribution is 2.04. The first kappa shape index (κ1) is 11.9. The van der Waals surface area contributed by atoms with Crippen LogP contribution in [0.5, 0.6) is 0 Å². The molecule has 4 nitrogen and oxygen atoms in total. The number of hydrogen-bond acceptors (Lipinski definition) is 3. The standard InChI is InChI=1S/C11H19N3O/c1-3-7-14-9-10(8-13-14)11(15)5-4-6-12-2/h8-9,12H,3-7H2,1-2H3. The monoisotopic (exact) mass is 209 g/mol. The van der Waals surface area contributed by atoms with Crippen molar-refractivity contribution in [1.82, 2.24) is 15.1 Å². The molecule has 1 aromatic heterocycles. The number of aromatic nitrogens is 2. The molecule has 0 unspecified atom stereocenters. The van der Waals surface area contributed by atoms with E-state index in [0.29, 0.717) is 6.42 Å². The largest absolute Gasteiger partial charge is 0.320 e. The maximum absolute atomic E-state index is 11.7. The molecule has 84 valence electrons. The molecule has 4 heteroatoms. The van der Waals surface area contributed by atoms with E-state index in [2.05, 4.69) is 17.3 Å². The van der Waals surface area contributed by atoms with Crippen LogP contribution in [-0.4, -0.2) is 29.2 Å². The van der Waals surface area contributed by atoms with Gasteiger partial charge in [-0.15, -0.1) is 0 Å². The second-order valence-corrected chi connectivity index (χ2v) is 3.62. The Labute approximate surface area is 90.7 Å². The summed E-state index contributed by atoms with van der Waals surface area (Å²) in [4.78, 5) is 11.7. The van der Waals surface area contributed by atoms with Crippen molar-refractivity contribution in [1.29, 1.82) is 0 Å². The fraction of sp³-hybridized carbons (Fsp3) is 0.636. The van der Waals surface area contributed by atoms with E-state index in [1.54, 1.807) is 6.20 Å². The van der Waals surface area contributed by atoms with E-state index >= 15 is 0 Å². The summed E-state index contributed by atoms with van der Waals surface area (Å²) in [6.07, 6.45) is 6.02. The van der Waals surface area contributed by atoms with Gasteiger partial charge in [0, 0.05) is 19.2 Å². The zero-order valence-electron chi connectivity index (χ0n) is 9.49. The molecule has 1 heterocycles. The fourth-order valence-corrected chi connectivity index (χ4v) is 1.43. The Morgan fingerprint density at radius 2 is 2.40 bits per heavy atom. The minimum Gasteiger partial charge on any atom is -0.320 e. The summed E-state index contributed by atoms with van der Waals surface area (Å²) in [6, 6.07) is 0. The summed E-state index contributed by atoms with van der Waals surface area (Å²) in [5.41, 5.74) is 0.736. The lowest BCUT2D eigenvalue weighted by molar-refractivity contribution is 0.0980. The van der Waals surface area contributed by atoms with Crippen LogP contribution in [-0.2, 0) is 6.54 Å². The SMILES string of the molecule is CCCn1cc(C(=O)CCCNC)cn1. The van der Waals surface area contributed by atoms with E-state index in [0.717, 1.165) is 31.5 Å². The molecule has 0 atom stereocenters. The van der Waals surface area contributed by atoms with E-state index < -0.39 is 0 Å². The number of hydrogen-bond donors (Lipinski definition) is 1. The third-order valence-corrected chi connectivity index (χ3v) is 2.24. The van der Waals surface area contributed by atoms with Crippen LogP contribution in [0.1, 0.15) is 36.5 Å². The molecular weight excluding hydrogens is 190 g/mol. The third-order valence-electron chi connectivity index (χ3n) is 2.24. The Morgan fingerprint density at radius 1 is 1.60 bits per heavy atom. The molecule has 0 fully saturated rings. The topological polar surface area (TPSA) is 46.9 Å². The van der Waals surface area contributed by atoms with Gasteiger partial charge < -0.3 is 5.32 Å². The first-order chi connectivity index (χ1) is 7.27. The average molecular weight is 209 g/mol. The van der Waals surface area contributed by atoms with Crippen LogP contribution in [0.25, 0.3) is 0 Å². The molecule has 1 aromatic rings. The molecule has 0 saturated heterocycles. The molecule has 0 spiro atoms. The molecule has 0 aromatic carbocycles. The Morgan fingerprint density at radius 3 is 3.07 bits per heavy atom. The molecule has 0 aliphatic heterocycles. The van der Waals surface area contributed by atoms with Gasteiger partial charge in [-0.05, 0) is 26.4 Å². The highest BCUT2D eigenvalue weighted by Gasteiger charge is 2.07. The molecule has 1 N–H and O–H groups in total. The van der Waals surface area contributed by atoms with Gasteiger partial charge in [-0.1, -0.05) is 6.92 Å². The lowest BCUT2D eigenvalue weighted by Crippen LogP contribution is -2.09. The van der Waals surface area contributed by atoms with Gasteiger partial charge in [-0.25, -0.2) is 0 Å². The summed E-state index contributed by atoms with van der Waals surface area (Å²) >= 11 is 0. The van der Waals surface area contributed by atoms with Gasteiger partial charge in [0.25, 0.3) is 0 Å². The van der Waals surface area contributed by atoms with Crippen LogP contribution >= 0.6 is 0 Å². The van der Waals surface area contributed by atoms with E-state index in [4.69, 9.17) is 0 Å². The second kappa shape index (κ2) is 6.35. The number of nitrogens with zero attached hydrogens (tertiary/aromatic N) is 2. The lowest BCUT2D eigenvalue weighted by atomic mass is 10.1. The Kier molecular flexibility index (Phi) is 5.04. The number of rotatable bonds is 7. The van der Waals surface area contributed by atoms with Crippen molar-refractivity contribution in [3.8, 4) is 0 Å². The number of ketones is 1. The summed E-state index contributed by atoms with van der Waals surface area (Å²) < 4.78 is 1.82. The van der Waals surface area contributed by atoms with Crippen molar-refractivity contribution >= 4 is 5.78 Å². The lowest BCUT2D eigenvalue weighted by Gasteiger charge is -1.98. The molecule has 1 rings (SSSR count). The van der Waals surface area contributed by atoms with Gasteiger partial charge in [0.2, 0.25) is 0 Å². The second-order valence-electron chi connectivity index (χ2n) is 3.62. The van der Waals surface area contributed by atoms with Gasteiger partial charge in [-0.3, -0.25) is 9.48 Å². The normalized spacial score (nSPS) is 10.5. The number of aryl methyl sites for hydroxylation is 1. The minimum absolute atomic E-state index is 0.188. The number of nitrogens with one attached hydrogen (secondary N) is 1. The van der Waals surface area contributed by atoms with Crippen molar-refractivity contribution < 1.29 is 4.79 Å². The van der Waals surface area contributed by atoms with Gasteiger partial charge in [0.1, 0.15) is 0 Å². The van der Waals surface area contributed by atoms with Gasteiger partial charge in [0.05, 0.1) is 11.8 Å². The summed E-state index contributed by atoms with van der Waals surface area (Å²) in [5.74, 6) is 0.188. The Balaban J connectivity index is 2.43. The molecule has 15 heavy (non-hydrogen) atoms. The maximum Gasteiger partial charge on any atom is 0.166 e. The zero-order valence-corrected chi connectivity index (χ0v) is 9.49. The summed E-state index contributed by atoms with van der Waals surface area (Å²) in [6.45, 7) is 3.86. The van der Waals surface area contributed by atoms with Crippen LogP contribution in [0.2, 0.25) is 0 Å². The highest BCUT2D eigenvalue weighted by atomic mass is 16.1. The minimum atomic E-state index is 0.188. The Hall–Kier alpha value is -1.16. The van der Waals surface area contributed by atoms with Gasteiger partial charge in [0.15, 0.2) is 5.78 Å². The number of carbonyl (C=O) groups excluding carboxylic acids is 1. The summed E-state index contributed by atoms with van der Waals surface area (Å²) in [5, 5.41) is 7.16. The summed E-state index contributed by atoms with van der Waals surface area (Å²) in [7, 11) is 1.89. The fourth-order valence-electron chi connectivity index (χ4n) is 1.43. The van der Waals surface area contributed by atoms with Crippen LogP contribution in [0.3, 0.4) is 0 Å². The molecule has 0 radical (unpaired) electrons. The maximum atomic E-state index is 11.7. The van der Waals surface area contributed by atoms with Crippen LogP contribution < -0.4 is 5.32 Å². The van der Waals surface area contributed by atoms with Gasteiger partial charge in [-0.2, -0.15) is 5.10 Å². The van der Waals surface area contributed by atoms with Crippen molar-refractivity contribution in [3.63, 3.8) is 0 Å². The van der Waals surface area contributed by atoms with Crippen LogP contribution in [0.4, 0.5) is 0 Å². The molecule has 0 bridgehead atoms. The Bertz CT molecular complexity index is 307. The number of carbonyl (C=O) groups is 1. The van der Waals surface area contributed by atoms with Crippen molar-refractivity contribution in [2.75, 3.05) is 13.6 Å². The quantitative estimate of drug-likeness (QED) is 0.546. The molecule has 0 saturated carbocycles. The third kappa shape index (κ3) is 3.83. The first-order valence-corrected chi connectivity index (χ1v) is 5.48. The van der Waals surface area contributed by atoms with Crippen molar-refractivity contribution in [2.45, 2.75) is 32.7 Å². The predicted molar refractivity (Wildman–Crippen MR) is 60.0 cm³/mol. The van der Waals surface area contributed by atoms with Crippen molar-refractivity contribution in [3.05, 3.63) is 18.0 Å². The van der Waals surface area contributed by atoms with Crippen LogP contribution in [0, 0.1) is 0 Å². The average Bonchev–Trinajstić information content (AvgIpc) is 2.67. The highest BCUT2D eigenvalue weighted by molar-refractivity contribution is 5.95. The van der Waals surface area contributed by atoms with Gasteiger partial charge >= 0.3 is 0 Å². The van der Waals surface area contributed by atoms with E-state index in [9.17, 15) is 4.79 Å².